The number of nitrogens with zero attached hydrogens (tertiary/aromatic N) is 4. The molecular formula is C20H17F3N5OP. The van der Waals surface area contributed by atoms with Crippen LogP contribution in [0.15, 0.2) is 48.9 Å². The second-order valence-electron chi connectivity index (χ2n) is 6.97. The van der Waals surface area contributed by atoms with Crippen LogP contribution in [0.4, 0.5) is 24.7 Å². The molecule has 1 aliphatic heterocycles. The smallest absolute Gasteiger partial charge is 0.257 e. The van der Waals surface area contributed by atoms with Gasteiger partial charge in [-0.2, -0.15) is 10.2 Å². The van der Waals surface area contributed by atoms with Crippen LogP contribution in [-0.4, -0.2) is 39.6 Å². The average molecular weight is 431 g/mol. The molecule has 154 valence electrons. The molecule has 30 heavy (non-hydrogen) atoms. The minimum absolute atomic E-state index is 0.0272. The Bertz CT molecular complexity index is 1100. The molecule has 1 amide bonds. The molecule has 0 spiro atoms. The van der Waals surface area contributed by atoms with Crippen LogP contribution < -0.4 is 10.2 Å². The minimum atomic E-state index is -1.50. The average Bonchev–Trinajstić information content (AvgIpc) is 3.10. The number of hydrogen-bond donors (Lipinski definition) is 1. The maximum absolute atomic E-state index is 14.5. The number of carbonyl (C=O) groups is 1. The van der Waals surface area contributed by atoms with Gasteiger partial charge in [0.25, 0.3) is 5.91 Å². The van der Waals surface area contributed by atoms with Crippen molar-refractivity contribution in [2.75, 3.05) is 23.3 Å². The number of carbonyl (C=O) groups excluding carboxylic acids is 1. The van der Waals surface area contributed by atoms with E-state index in [-0.39, 0.29) is 41.2 Å². The molecule has 10 heteroatoms. The summed E-state index contributed by atoms with van der Waals surface area (Å²) in [6.45, 7) is 0.376. The maximum Gasteiger partial charge on any atom is 0.257 e. The Morgan fingerprint density at radius 3 is 2.67 bits per heavy atom. The van der Waals surface area contributed by atoms with Gasteiger partial charge in [0.15, 0.2) is 5.82 Å². The third-order valence-corrected chi connectivity index (χ3v) is 5.26. The van der Waals surface area contributed by atoms with E-state index in [9.17, 15) is 18.0 Å². The maximum atomic E-state index is 14.5. The molecular weight excluding hydrogens is 414 g/mol. The Balaban J connectivity index is 1.83. The van der Waals surface area contributed by atoms with Gasteiger partial charge in [-0.25, -0.2) is 18.2 Å². The normalized spacial score (nSPS) is 18.5. The minimum Gasteiger partial charge on any atom is -0.351 e. The van der Waals surface area contributed by atoms with Crippen LogP contribution in [0.2, 0.25) is 0 Å². The van der Waals surface area contributed by atoms with E-state index in [0.29, 0.717) is 6.54 Å². The molecule has 1 fully saturated rings. The first-order chi connectivity index (χ1) is 14.3. The largest absolute Gasteiger partial charge is 0.351 e. The lowest BCUT2D eigenvalue weighted by atomic mass is 10.0. The Labute approximate surface area is 172 Å². The van der Waals surface area contributed by atoms with Gasteiger partial charge in [-0.15, -0.1) is 0 Å². The standard InChI is InChI=1S/C20H17F3N5OP/c21-13-1-2-16(22)15(9-13)14-4-6-24-18(28-8-5-20(23,30)11-28)17(14)27-19(29)12-3-7-25-26-10-12/h1-4,6-7,9-10H,5,8,11,30H2,(H,27,29). The highest BCUT2D eigenvalue weighted by atomic mass is 31.0. The first-order valence-corrected chi connectivity index (χ1v) is 9.67. The van der Waals surface area contributed by atoms with E-state index in [4.69, 9.17) is 0 Å². The highest BCUT2D eigenvalue weighted by molar-refractivity contribution is 7.18. The summed E-state index contributed by atoms with van der Waals surface area (Å²) in [5, 5.41) is 8.52. The predicted octanol–water partition coefficient (Wildman–Crippen LogP) is 3.82. The molecule has 2 atom stereocenters. The van der Waals surface area contributed by atoms with Crippen LogP contribution in [-0.2, 0) is 0 Å². The van der Waals surface area contributed by atoms with Gasteiger partial charge < -0.3 is 10.2 Å². The summed E-state index contributed by atoms with van der Waals surface area (Å²) >= 11 is 0. The Kier molecular flexibility index (Phi) is 5.39. The Hall–Kier alpha value is -3.06. The first kappa shape index (κ1) is 20.2. The van der Waals surface area contributed by atoms with Crippen molar-refractivity contribution in [1.29, 1.82) is 0 Å². The molecule has 1 aliphatic rings. The van der Waals surface area contributed by atoms with Crippen molar-refractivity contribution < 1.29 is 18.0 Å². The van der Waals surface area contributed by atoms with Crippen molar-refractivity contribution in [3.05, 3.63) is 66.1 Å². The molecule has 1 saturated heterocycles. The van der Waals surface area contributed by atoms with Crippen molar-refractivity contribution in [2.24, 2.45) is 0 Å². The van der Waals surface area contributed by atoms with Crippen molar-refractivity contribution in [2.45, 2.75) is 11.8 Å². The van der Waals surface area contributed by atoms with Gasteiger partial charge in [-0.1, -0.05) is 9.24 Å². The van der Waals surface area contributed by atoms with E-state index in [1.807, 2.05) is 0 Å². The molecule has 2 aromatic heterocycles. The summed E-state index contributed by atoms with van der Waals surface area (Å²) in [4.78, 5) is 18.7. The molecule has 0 bridgehead atoms. The number of pyridine rings is 1. The zero-order valence-corrected chi connectivity index (χ0v) is 16.8. The number of aromatic nitrogens is 3. The first-order valence-electron chi connectivity index (χ1n) is 9.09. The highest BCUT2D eigenvalue weighted by Gasteiger charge is 2.36. The van der Waals surface area contributed by atoms with E-state index in [2.05, 4.69) is 29.7 Å². The van der Waals surface area contributed by atoms with Crippen LogP contribution in [0.25, 0.3) is 11.1 Å². The summed E-state index contributed by atoms with van der Waals surface area (Å²) in [7, 11) is 2.17. The fourth-order valence-corrected chi connectivity index (χ4v) is 3.68. The van der Waals surface area contributed by atoms with E-state index in [1.165, 1.54) is 30.7 Å². The fraction of sp³-hybridized carbons (Fsp3) is 0.200. The zero-order chi connectivity index (χ0) is 21.3. The Morgan fingerprint density at radius 2 is 1.97 bits per heavy atom. The fourth-order valence-electron chi connectivity index (χ4n) is 3.33. The zero-order valence-electron chi connectivity index (χ0n) is 15.6. The molecule has 2 unspecified atom stereocenters. The van der Waals surface area contributed by atoms with Crippen molar-refractivity contribution >= 4 is 26.7 Å². The number of halogens is 3. The third-order valence-electron chi connectivity index (χ3n) is 4.79. The molecule has 3 heterocycles. The molecule has 0 saturated carbocycles. The van der Waals surface area contributed by atoms with Gasteiger partial charge in [0, 0.05) is 30.3 Å². The molecule has 4 rings (SSSR count). The quantitative estimate of drug-likeness (QED) is 0.636. The lowest BCUT2D eigenvalue weighted by Gasteiger charge is -2.23. The summed E-state index contributed by atoms with van der Waals surface area (Å²) in [5.41, 5.74) is 0.565. The number of hydrogen-bond acceptors (Lipinski definition) is 5. The summed E-state index contributed by atoms with van der Waals surface area (Å²) < 4.78 is 42.8. The summed E-state index contributed by atoms with van der Waals surface area (Å²) in [5.74, 6) is -1.56. The van der Waals surface area contributed by atoms with E-state index in [1.54, 1.807) is 4.90 Å². The van der Waals surface area contributed by atoms with Gasteiger partial charge in [0.05, 0.1) is 30.2 Å². The van der Waals surface area contributed by atoms with Crippen LogP contribution in [0, 0.1) is 11.6 Å². The monoisotopic (exact) mass is 431 g/mol. The van der Waals surface area contributed by atoms with Gasteiger partial charge in [-0.3, -0.25) is 4.79 Å². The molecule has 0 aliphatic carbocycles. The number of anilines is 2. The van der Waals surface area contributed by atoms with E-state index in [0.717, 1.165) is 18.2 Å². The van der Waals surface area contributed by atoms with Crippen molar-refractivity contribution in [3.8, 4) is 11.1 Å². The lowest BCUT2D eigenvalue weighted by molar-refractivity contribution is 0.102. The lowest BCUT2D eigenvalue weighted by Crippen LogP contribution is -2.26. The molecule has 1 aromatic carbocycles. The third kappa shape index (κ3) is 4.11. The van der Waals surface area contributed by atoms with Crippen LogP contribution >= 0.6 is 9.24 Å². The summed E-state index contributed by atoms with van der Waals surface area (Å²) in [6, 6.07) is 5.99. The van der Waals surface area contributed by atoms with Crippen molar-refractivity contribution in [3.63, 3.8) is 0 Å². The molecule has 3 aromatic rings. The van der Waals surface area contributed by atoms with Crippen LogP contribution in [0.3, 0.4) is 0 Å². The second-order valence-corrected chi connectivity index (χ2v) is 8.01. The Morgan fingerprint density at radius 1 is 1.13 bits per heavy atom. The van der Waals surface area contributed by atoms with Crippen LogP contribution in [0.5, 0.6) is 0 Å². The molecule has 0 radical (unpaired) electrons. The molecule has 6 nitrogen and oxygen atoms in total. The SMILES string of the molecule is O=C(Nc1c(-c2cc(F)ccc2F)ccnc1N1CCC(F)(P)C1)c1ccnnc1. The predicted molar refractivity (Wildman–Crippen MR) is 110 cm³/mol. The highest BCUT2D eigenvalue weighted by Crippen LogP contribution is 2.41. The van der Waals surface area contributed by atoms with E-state index < -0.39 is 23.0 Å². The van der Waals surface area contributed by atoms with Gasteiger partial charge >= 0.3 is 0 Å². The van der Waals surface area contributed by atoms with Gasteiger partial charge in [0.1, 0.15) is 17.0 Å². The van der Waals surface area contributed by atoms with Crippen LogP contribution in [0.1, 0.15) is 16.8 Å². The number of benzene rings is 1. The number of alkyl halides is 1. The number of amides is 1. The van der Waals surface area contributed by atoms with Gasteiger partial charge in [-0.05, 0) is 30.3 Å². The number of rotatable bonds is 4. The molecule has 1 N–H and O–H groups in total. The second kappa shape index (κ2) is 7.99. The van der Waals surface area contributed by atoms with E-state index >= 15 is 0 Å². The van der Waals surface area contributed by atoms with Gasteiger partial charge in [0.2, 0.25) is 0 Å². The summed E-state index contributed by atoms with van der Waals surface area (Å²) in [6.07, 6.45) is 4.30. The topological polar surface area (TPSA) is 71.0 Å². The number of nitrogens with one attached hydrogen (secondary N) is 1. The van der Waals surface area contributed by atoms with Crippen molar-refractivity contribution in [1.82, 2.24) is 15.2 Å².